The number of anilines is 1. The van der Waals surface area contributed by atoms with Gasteiger partial charge in [0, 0.05) is 11.6 Å². The lowest BCUT2D eigenvalue weighted by Gasteiger charge is -2.10. The van der Waals surface area contributed by atoms with E-state index in [1.165, 1.54) is 18.2 Å². The third-order valence-corrected chi connectivity index (χ3v) is 3.11. The largest absolute Gasteiger partial charge is 0.506 e. The van der Waals surface area contributed by atoms with Crippen molar-refractivity contribution in [1.29, 1.82) is 0 Å². The Morgan fingerprint density at radius 1 is 0.828 bits per heavy atom. The molecule has 0 aliphatic rings. The number of ether oxygens (including phenoxy) is 1. The number of hydrogen-bond donors (Lipinski definition) is 2. The lowest BCUT2D eigenvalue weighted by Crippen LogP contribution is -2.09. The molecule has 2 rings (SSSR count). The number of phenolic OH excluding ortho intramolecular Hbond substituents is 1. The molecule has 2 N–H and O–H groups in total. The Morgan fingerprint density at radius 3 is 1.69 bits per heavy atom. The number of phenols is 1. The second kappa shape index (κ2) is 18.8. The normalized spacial score (nSPS) is 8.72. The van der Waals surface area contributed by atoms with Gasteiger partial charge in [-0.2, -0.15) is 0 Å². The maximum absolute atomic E-state index is 11.2. The summed E-state index contributed by atoms with van der Waals surface area (Å²) < 4.78 is 30.1. The number of carbonyl (C=O) groups excluding carboxylic acids is 1. The maximum Gasteiger partial charge on any atom is 0.229 e. The molecule has 29 heavy (non-hydrogen) atoms. The van der Waals surface area contributed by atoms with Crippen LogP contribution in [0.5, 0.6) is 17.2 Å². The molecule has 2 aromatic rings. The first-order chi connectivity index (χ1) is 13.9. The van der Waals surface area contributed by atoms with Crippen molar-refractivity contribution in [2.75, 3.05) is 11.0 Å². The zero-order valence-corrected chi connectivity index (χ0v) is 19.9. The van der Waals surface area contributed by atoms with Crippen LogP contribution >= 0.6 is 0 Å². The van der Waals surface area contributed by atoms with Gasteiger partial charge >= 0.3 is 0 Å². The Hall–Kier alpha value is -2.54. The fraction of sp³-hybridized carbons (Fsp3) is 0.409. The fourth-order valence-electron chi connectivity index (χ4n) is 1.61. The van der Waals surface area contributed by atoms with Crippen LogP contribution in [0.25, 0.3) is 0 Å². The molecule has 0 bridgehead atoms. The Balaban J connectivity index is -0.000000754. The molecular weight excluding hydrogens is 390 g/mol. The van der Waals surface area contributed by atoms with Gasteiger partial charge in [0.25, 0.3) is 0 Å². The smallest absolute Gasteiger partial charge is 0.229 e. The van der Waals surface area contributed by atoms with Gasteiger partial charge in [-0.25, -0.2) is 8.42 Å². The van der Waals surface area contributed by atoms with E-state index >= 15 is 0 Å². The van der Waals surface area contributed by atoms with Gasteiger partial charge in [0.15, 0.2) is 0 Å². The molecule has 166 valence electrons. The van der Waals surface area contributed by atoms with Gasteiger partial charge < -0.3 is 9.84 Å². The Kier molecular flexibility index (Phi) is 20.2. The Bertz CT molecular complexity index is 757. The molecular formula is C22H37NO5S. The average molecular weight is 428 g/mol. The van der Waals surface area contributed by atoms with E-state index in [9.17, 15) is 18.3 Å². The van der Waals surface area contributed by atoms with E-state index < -0.39 is 10.0 Å². The van der Waals surface area contributed by atoms with Gasteiger partial charge in [-0.3, -0.25) is 9.52 Å². The second-order valence-corrected chi connectivity index (χ2v) is 6.09. The number of sulfonamides is 1. The van der Waals surface area contributed by atoms with Gasteiger partial charge in [0.1, 0.15) is 23.5 Å². The van der Waals surface area contributed by atoms with Crippen LogP contribution in [0.3, 0.4) is 0 Å². The molecule has 0 fully saturated rings. The summed E-state index contributed by atoms with van der Waals surface area (Å²) in [5.41, 5.74) is 0.548. The minimum absolute atomic E-state index is 0.0273. The summed E-state index contributed by atoms with van der Waals surface area (Å²) in [6.45, 7) is 16.0. The number of rotatable bonds is 5. The van der Waals surface area contributed by atoms with Crippen LogP contribution in [0.4, 0.5) is 5.69 Å². The van der Waals surface area contributed by atoms with E-state index in [-0.39, 0.29) is 11.4 Å². The Morgan fingerprint density at radius 2 is 1.28 bits per heavy atom. The van der Waals surface area contributed by atoms with Crippen molar-refractivity contribution in [2.24, 2.45) is 0 Å². The van der Waals surface area contributed by atoms with E-state index in [0.29, 0.717) is 17.1 Å². The van der Waals surface area contributed by atoms with Gasteiger partial charge in [0.2, 0.25) is 10.0 Å². The first kappa shape index (κ1) is 31.2. The minimum atomic E-state index is -3.50. The quantitative estimate of drug-likeness (QED) is 0.421. The average Bonchev–Trinajstić information content (AvgIpc) is 2.76. The van der Waals surface area contributed by atoms with Crippen molar-refractivity contribution < 1.29 is 23.1 Å². The van der Waals surface area contributed by atoms with E-state index in [4.69, 9.17) is 4.74 Å². The van der Waals surface area contributed by atoms with Gasteiger partial charge in [-0.1, -0.05) is 55.4 Å². The third-order valence-electron chi connectivity index (χ3n) is 2.52. The van der Waals surface area contributed by atoms with Crippen LogP contribution in [0, 0.1) is 0 Å². The van der Waals surface area contributed by atoms with Crippen LogP contribution in [0.1, 0.15) is 65.7 Å². The molecule has 0 saturated heterocycles. The molecule has 0 spiro atoms. The third kappa shape index (κ3) is 14.2. The predicted octanol–water partition coefficient (Wildman–Crippen LogP) is 6.47. The maximum atomic E-state index is 11.2. The molecule has 0 aliphatic heterocycles. The molecule has 0 unspecified atom stereocenters. The molecule has 0 radical (unpaired) electrons. The lowest BCUT2D eigenvalue weighted by molar-refractivity contribution is 0.112. The lowest BCUT2D eigenvalue weighted by atomic mass is 10.2. The van der Waals surface area contributed by atoms with Crippen LogP contribution < -0.4 is 9.46 Å². The number of aldehydes is 1. The summed E-state index contributed by atoms with van der Waals surface area (Å²) in [5, 5.41) is 9.61. The van der Waals surface area contributed by atoms with Crippen molar-refractivity contribution in [3.05, 3.63) is 48.0 Å². The highest BCUT2D eigenvalue weighted by Gasteiger charge is 2.09. The van der Waals surface area contributed by atoms with Gasteiger partial charge in [-0.15, -0.1) is 0 Å². The first-order valence-corrected chi connectivity index (χ1v) is 11.8. The van der Waals surface area contributed by atoms with Crippen LogP contribution in [-0.4, -0.2) is 26.1 Å². The highest BCUT2D eigenvalue weighted by Crippen LogP contribution is 2.31. The topological polar surface area (TPSA) is 92.7 Å². The van der Waals surface area contributed by atoms with E-state index in [1.54, 1.807) is 24.3 Å². The van der Waals surface area contributed by atoms with Gasteiger partial charge in [0.05, 0.1) is 11.9 Å². The monoisotopic (exact) mass is 427 g/mol. The summed E-state index contributed by atoms with van der Waals surface area (Å²) in [7, 11) is -3.50. The standard InChI is InChI=1S/C14H13NO5S.4C2H6/c1-21(18,19)15-13-8-12(6-7-14(13)17)20-11-4-2-10(9-16)3-5-11;4*1-2/h2-9,15,17H,1H3;4*1-2H3. The SMILES string of the molecule is CC.CC.CC.CC.CS(=O)(=O)Nc1cc(Oc2ccc(C=O)cc2)ccc1O. The van der Waals surface area contributed by atoms with Crippen LogP contribution in [0.15, 0.2) is 42.5 Å². The number of carbonyl (C=O) groups is 1. The number of hydrogen-bond acceptors (Lipinski definition) is 5. The molecule has 0 amide bonds. The summed E-state index contributed by atoms with van der Waals surface area (Å²) in [5.74, 6) is 0.624. The summed E-state index contributed by atoms with van der Waals surface area (Å²) in [4.78, 5) is 10.6. The van der Waals surface area contributed by atoms with Crippen LogP contribution in [-0.2, 0) is 10.0 Å². The first-order valence-electron chi connectivity index (χ1n) is 9.91. The molecule has 2 aromatic carbocycles. The van der Waals surface area contributed by atoms with E-state index in [0.717, 1.165) is 12.5 Å². The van der Waals surface area contributed by atoms with Crippen molar-refractivity contribution in [2.45, 2.75) is 55.4 Å². The van der Waals surface area contributed by atoms with Crippen molar-refractivity contribution in [1.82, 2.24) is 0 Å². The molecule has 0 saturated carbocycles. The zero-order valence-electron chi connectivity index (χ0n) is 19.1. The number of nitrogens with one attached hydrogen (secondary N) is 1. The highest BCUT2D eigenvalue weighted by atomic mass is 32.2. The second-order valence-electron chi connectivity index (χ2n) is 4.34. The van der Waals surface area contributed by atoms with Gasteiger partial charge in [-0.05, 0) is 36.4 Å². The van der Waals surface area contributed by atoms with Crippen molar-refractivity contribution in [3.63, 3.8) is 0 Å². The fourth-order valence-corrected chi connectivity index (χ4v) is 2.17. The molecule has 0 atom stereocenters. The summed E-state index contributed by atoms with van der Waals surface area (Å²) >= 11 is 0. The molecule has 0 heterocycles. The zero-order chi connectivity index (χ0) is 23.5. The summed E-state index contributed by atoms with van der Waals surface area (Å²) in [6, 6.07) is 10.6. The number of aromatic hydroxyl groups is 1. The van der Waals surface area contributed by atoms with E-state index in [2.05, 4.69) is 4.72 Å². The van der Waals surface area contributed by atoms with E-state index in [1.807, 2.05) is 55.4 Å². The molecule has 0 aromatic heterocycles. The van der Waals surface area contributed by atoms with Crippen LogP contribution in [0.2, 0.25) is 0 Å². The Labute approximate surface area is 177 Å². The minimum Gasteiger partial charge on any atom is -0.506 e. The predicted molar refractivity (Wildman–Crippen MR) is 124 cm³/mol. The molecule has 0 aliphatic carbocycles. The molecule has 6 nitrogen and oxygen atoms in total. The van der Waals surface area contributed by atoms with Crippen molar-refractivity contribution >= 4 is 22.0 Å². The summed E-state index contributed by atoms with van der Waals surface area (Å²) in [6.07, 6.45) is 1.70. The van der Waals surface area contributed by atoms with Crippen molar-refractivity contribution in [3.8, 4) is 17.2 Å². The highest BCUT2D eigenvalue weighted by molar-refractivity contribution is 7.92. The number of benzene rings is 2. The molecule has 7 heteroatoms.